The van der Waals surface area contributed by atoms with Crippen LogP contribution in [0, 0.1) is 0 Å². The predicted octanol–water partition coefficient (Wildman–Crippen LogP) is 3.03. The second-order valence-corrected chi connectivity index (χ2v) is 5.66. The second kappa shape index (κ2) is 9.39. The number of aromatic nitrogens is 2. The fourth-order valence-electron chi connectivity index (χ4n) is 1.59. The molecule has 18 heavy (non-hydrogen) atoms. The van der Waals surface area contributed by atoms with Gasteiger partial charge >= 0.3 is 0 Å². The number of hydrogen-bond acceptors (Lipinski definition) is 5. The molecule has 0 saturated heterocycles. The molecule has 5 heteroatoms. The summed E-state index contributed by atoms with van der Waals surface area (Å²) in [6.07, 6.45) is 4.27. The SMILES string of the molecule is CCCNC(C)CCc1nc(CSCCC)no1. The highest BCUT2D eigenvalue weighted by Crippen LogP contribution is 2.11. The van der Waals surface area contributed by atoms with Gasteiger partial charge in [0.1, 0.15) is 0 Å². The van der Waals surface area contributed by atoms with Crippen molar-refractivity contribution in [1.29, 1.82) is 0 Å². The number of rotatable bonds is 10. The number of thioether (sulfide) groups is 1. The van der Waals surface area contributed by atoms with Gasteiger partial charge in [0.05, 0.1) is 5.75 Å². The Balaban J connectivity index is 2.22. The first-order valence-corrected chi connectivity index (χ1v) is 8.04. The summed E-state index contributed by atoms with van der Waals surface area (Å²) in [4.78, 5) is 4.41. The maximum atomic E-state index is 5.25. The average molecular weight is 271 g/mol. The lowest BCUT2D eigenvalue weighted by atomic mass is 10.2. The second-order valence-electron chi connectivity index (χ2n) is 4.55. The lowest BCUT2D eigenvalue weighted by molar-refractivity contribution is 0.363. The maximum absolute atomic E-state index is 5.25. The average Bonchev–Trinajstić information content (AvgIpc) is 2.82. The highest BCUT2D eigenvalue weighted by Gasteiger charge is 2.08. The first-order valence-electron chi connectivity index (χ1n) is 6.88. The first kappa shape index (κ1) is 15.5. The number of hydrogen-bond donors (Lipinski definition) is 1. The molecular weight excluding hydrogens is 246 g/mol. The summed E-state index contributed by atoms with van der Waals surface area (Å²) in [5.74, 6) is 3.62. The van der Waals surface area contributed by atoms with Crippen LogP contribution in [0.3, 0.4) is 0 Å². The Morgan fingerprint density at radius 1 is 1.33 bits per heavy atom. The van der Waals surface area contributed by atoms with Gasteiger partial charge in [-0.25, -0.2) is 0 Å². The largest absolute Gasteiger partial charge is 0.339 e. The minimum Gasteiger partial charge on any atom is -0.339 e. The molecular formula is C13H25N3OS. The Morgan fingerprint density at radius 3 is 2.89 bits per heavy atom. The standard InChI is InChI=1S/C13H25N3OS/c1-4-8-14-11(3)6-7-13-15-12(16-17-13)10-18-9-5-2/h11,14H,4-10H2,1-3H3. The molecule has 1 atom stereocenters. The van der Waals surface area contributed by atoms with Gasteiger partial charge in [-0.3, -0.25) is 0 Å². The van der Waals surface area contributed by atoms with Crippen LogP contribution in [-0.4, -0.2) is 28.5 Å². The molecule has 0 saturated carbocycles. The molecule has 4 nitrogen and oxygen atoms in total. The summed E-state index contributed by atoms with van der Waals surface area (Å²) >= 11 is 1.86. The normalized spacial score (nSPS) is 12.8. The third-order valence-electron chi connectivity index (χ3n) is 2.62. The Bertz CT molecular complexity index is 317. The van der Waals surface area contributed by atoms with Crippen LogP contribution >= 0.6 is 11.8 Å². The summed E-state index contributed by atoms with van der Waals surface area (Å²) < 4.78 is 5.25. The van der Waals surface area contributed by atoms with Crippen molar-refractivity contribution in [2.45, 2.75) is 58.2 Å². The third-order valence-corrected chi connectivity index (χ3v) is 3.78. The number of aryl methyl sites for hydroxylation is 1. The van der Waals surface area contributed by atoms with Gasteiger partial charge < -0.3 is 9.84 Å². The van der Waals surface area contributed by atoms with Crippen molar-refractivity contribution in [3.63, 3.8) is 0 Å². The summed E-state index contributed by atoms with van der Waals surface area (Å²) in [5, 5.41) is 7.46. The minimum atomic E-state index is 0.509. The molecule has 0 aromatic carbocycles. The van der Waals surface area contributed by atoms with E-state index >= 15 is 0 Å². The van der Waals surface area contributed by atoms with E-state index in [2.05, 4.69) is 36.2 Å². The molecule has 1 rings (SSSR count). The molecule has 1 aromatic heterocycles. The van der Waals surface area contributed by atoms with E-state index in [-0.39, 0.29) is 0 Å². The predicted molar refractivity (Wildman–Crippen MR) is 76.8 cm³/mol. The molecule has 0 bridgehead atoms. The molecule has 1 unspecified atom stereocenters. The van der Waals surface area contributed by atoms with Crippen molar-refractivity contribution >= 4 is 11.8 Å². The number of nitrogens with one attached hydrogen (secondary N) is 1. The van der Waals surface area contributed by atoms with Crippen LogP contribution < -0.4 is 5.32 Å². The van der Waals surface area contributed by atoms with Crippen LogP contribution in [0.4, 0.5) is 0 Å². The van der Waals surface area contributed by atoms with Crippen molar-refractivity contribution in [2.75, 3.05) is 12.3 Å². The zero-order chi connectivity index (χ0) is 13.2. The van der Waals surface area contributed by atoms with E-state index in [1.54, 1.807) is 0 Å². The van der Waals surface area contributed by atoms with Gasteiger partial charge in [0.25, 0.3) is 0 Å². The minimum absolute atomic E-state index is 0.509. The zero-order valence-electron chi connectivity index (χ0n) is 11.7. The van der Waals surface area contributed by atoms with Gasteiger partial charge in [0.15, 0.2) is 5.82 Å². The van der Waals surface area contributed by atoms with E-state index in [4.69, 9.17) is 4.52 Å². The van der Waals surface area contributed by atoms with E-state index in [0.717, 1.165) is 42.6 Å². The van der Waals surface area contributed by atoms with E-state index < -0.39 is 0 Å². The summed E-state index contributed by atoms with van der Waals surface area (Å²) in [6, 6.07) is 0.509. The summed E-state index contributed by atoms with van der Waals surface area (Å²) in [6.45, 7) is 7.63. The van der Waals surface area contributed by atoms with Crippen LogP contribution in [0.15, 0.2) is 4.52 Å². The maximum Gasteiger partial charge on any atom is 0.226 e. The monoisotopic (exact) mass is 271 g/mol. The molecule has 0 radical (unpaired) electrons. The lowest BCUT2D eigenvalue weighted by Gasteiger charge is -2.10. The molecule has 0 aliphatic heterocycles. The Hall–Kier alpha value is -0.550. The summed E-state index contributed by atoms with van der Waals surface area (Å²) in [7, 11) is 0. The van der Waals surface area contributed by atoms with Gasteiger partial charge in [-0.1, -0.05) is 19.0 Å². The van der Waals surface area contributed by atoms with E-state index in [1.165, 1.54) is 12.8 Å². The van der Waals surface area contributed by atoms with Crippen molar-refractivity contribution in [1.82, 2.24) is 15.5 Å². The van der Waals surface area contributed by atoms with Gasteiger partial charge in [-0.2, -0.15) is 16.7 Å². The van der Waals surface area contributed by atoms with Crippen molar-refractivity contribution in [2.24, 2.45) is 0 Å². The zero-order valence-corrected chi connectivity index (χ0v) is 12.6. The Kier molecular flexibility index (Phi) is 8.09. The van der Waals surface area contributed by atoms with Crippen molar-refractivity contribution < 1.29 is 4.52 Å². The summed E-state index contributed by atoms with van der Waals surface area (Å²) in [5.41, 5.74) is 0. The quantitative estimate of drug-likeness (QED) is 0.663. The first-order chi connectivity index (χ1) is 8.76. The molecule has 0 amide bonds. The topological polar surface area (TPSA) is 51.0 Å². The smallest absolute Gasteiger partial charge is 0.226 e. The van der Waals surface area contributed by atoms with E-state index in [9.17, 15) is 0 Å². The van der Waals surface area contributed by atoms with Crippen LogP contribution in [0.25, 0.3) is 0 Å². The molecule has 1 heterocycles. The fourth-order valence-corrected chi connectivity index (χ4v) is 2.32. The van der Waals surface area contributed by atoms with Gasteiger partial charge in [-0.05, 0) is 38.5 Å². The fraction of sp³-hybridized carbons (Fsp3) is 0.846. The van der Waals surface area contributed by atoms with Gasteiger partial charge in [0, 0.05) is 12.5 Å². The highest BCUT2D eigenvalue weighted by molar-refractivity contribution is 7.98. The van der Waals surface area contributed by atoms with Crippen LogP contribution in [0.2, 0.25) is 0 Å². The van der Waals surface area contributed by atoms with Gasteiger partial charge in [-0.15, -0.1) is 0 Å². The van der Waals surface area contributed by atoms with E-state index in [0.29, 0.717) is 6.04 Å². The highest BCUT2D eigenvalue weighted by atomic mass is 32.2. The Morgan fingerprint density at radius 2 is 2.17 bits per heavy atom. The molecule has 0 spiro atoms. The molecule has 104 valence electrons. The molecule has 0 aliphatic rings. The van der Waals surface area contributed by atoms with Crippen molar-refractivity contribution in [3.8, 4) is 0 Å². The molecule has 1 N–H and O–H groups in total. The molecule has 0 aliphatic carbocycles. The third kappa shape index (κ3) is 6.40. The lowest BCUT2D eigenvalue weighted by Crippen LogP contribution is -2.27. The Labute approximate surface area is 114 Å². The molecule has 0 fully saturated rings. The van der Waals surface area contributed by atoms with E-state index in [1.807, 2.05) is 11.8 Å². The molecule has 1 aromatic rings. The van der Waals surface area contributed by atoms with Crippen LogP contribution in [0.1, 0.15) is 51.7 Å². The van der Waals surface area contributed by atoms with Crippen LogP contribution in [0.5, 0.6) is 0 Å². The van der Waals surface area contributed by atoms with Crippen LogP contribution in [-0.2, 0) is 12.2 Å². The van der Waals surface area contributed by atoms with Gasteiger partial charge in [0.2, 0.25) is 5.89 Å². The van der Waals surface area contributed by atoms with Crippen molar-refractivity contribution in [3.05, 3.63) is 11.7 Å². The number of nitrogens with zero attached hydrogens (tertiary/aromatic N) is 2.